The Hall–Kier alpha value is -3.94. The topological polar surface area (TPSA) is 70.5 Å². The number of anilines is 1. The molecule has 150 valence electrons. The van der Waals surface area contributed by atoms with E-state index in [9.17, 15) is 27.9 Å². The van der Waals surface area contributed by atoms with Crippen LogP contribution in [0.15, 0.2) is 72.6 Å². The van der Waals surface area contributed by atoms with Crippen molar-refractivity contribution in [3.05, 3.63) is 101 Å². The number of ketones is 1. The molecule has 1 aromatic heterocycles. The molecule has 0 spiro atoms. The van der Waals surface area contributed by atoms with Gasteiger partial charge >= 0.3 is 0 Å². The number of Topliss-reactive ketones (excluding diaryl/α,β-unsaturated/α-hetero) is 1. The third-order valence-corrected chi connectivity index (χ3v) is 4.73. The van der Waals surface area contributed by atoms with Crippen molar-refractivity contribution >= 4 is 23.1 Å². The summed E-state index contributed by atoms with van der Waals surface area (Å²) in [7, 11) is 0. The van der Waals surface area contributed by atoms with Crippen LogP contribution in [0.4, 0.5) is 18.9 Å². The minimum Gasteiger partial charge on any atom is -0.507 e. The molecule has 1 fully saturated rings. The predicted molar refractivity (Wildman–Crippen MR) is 102 cm³/mol. The zero-order chi connectivity index (χ0) is 21.4. The van der Waals surface area contributed by atoms with Crippen LogP contribution in [-0.4, -0.2) is 21.8 Å². The number of hydrogen-bond donors (Lipinski definition) is 1. The van der Waals surface area contributed by atoms with Crippen molar-refractivity contribution in [2.75, 3.05) is 4.90 Å². The molecule has 1 saturated heterocycles. The van der Waals surface area contributed by atoms with E-state index in [4.69, 9.17) is 0 Å². The van der Waals surface area contributed by atoms with Gasteiger partial charge in [0.25, 0.3) is 11.7 Å². The highest BCUT2D eigenvalue weighted by molar-refractivity contribution is 6.51. The molecule has 1 atom stereocenters. The lowest BCUT2D eigenvalue weighted by Crippen LogP contribution is -2.30. The third-order valence-electron chi connectivity index (χ3n) is 4.73. The molecule has 1 N–H and O–H groups in total. The molecule has 8 heteroatoms. The summed E-state index contributed by atoms with van der Waals surface area (Å²) in [6.45, 7) is 0. The first kappa shape index (κ1) is 19.4. The van der Waals surface area contributed by atoms with Gasteiger partial charge < -0.3 is 5.11 Å². The van der Waals surface area contributed by atoms with Gasteiger partial charge in [-0.3, -0.25) is 19.5 Å². The van der Waals surface area contributed by atoms with E-state index in [0.29, 0.717) is 5.56 Å². The van der Waals surface area contributed by atoms with Crippen molar-refractivity contribution in [3.63, 3.8) is 0 Å². The fourth-order valence-corrected chi connectivity index (χ4v) is 3.37. The molecule has 1 aliphatic heterocycles. The molecule has 4 rings (SSSR count). The molecule has 0 aliphatic carbocycles. The van der Waals surface area contributed by atoms with Crippen LogP contribution in [0.1, 0.15) is 17.2 Å². The van der Waals surface area contributed by atoms with Crippen molar-refractivity contribution in [1.29, 1.82) is 0 Å². The Labute approximate surface area is 168 Å². The standard InChI is InChI=1S/C22H13F3N2O3/c23-14-5-3-12(4-6-14)20(28)18-19(13-2-1-9-26-11-13)27(22(30)21(18)29)17-10-15(24)7-8-16(17)25/h1-11,19,28H/b20-18+. The fraction of sp³-hybridized carbons (Fsp3) is 0.0455. The maximum Gasteiger partial charge on any atom is 0.300 e. The maximum atomic E-state index is 14.5. The van der Waals surface area contributed by atoms with Crippen molar-refractivity contribution in [2.45, 2.75) is 6.04 Å². The number of nitrogens with zero attached hydrogens (tertiary/aromatic N) is 2. The average molecular weight is 410 g/mol. The Bertz CT molecular complexity index is 1180. The molecule has 0 saturated carbocycles. The third kappa shape index (κ3) is 3.22. The van der Waals surface area contributed by atoms with Crippen molar-refractivity contribution in [3.8, 4) is 0 Å². The molecular weight excluding hydrogens is 397 g/mol. The maximum absolute atomic E-state index is 14.5. The Morgan fingerprint density at radius 2 is 1.67 bits per heavy atom. The van der Waals surface area contributed by atoms with Crippen LogP contribution >= 0.6 is 0 Å². The van der Waals surface area contributed by atoms with Crippen molar-refractivity contribution in [2.24, 2.45) is 0 Å². The van der Waals surface area contributed by atoms with Crippen molar-refractivity contribution in [1.82, 2.24) is 4.98 Å². The van der Waals surface area contributed by atoms with E-state index in [0.717, 1.165) is 35.2 Å². The molecular formula is C22H13F3N2O3. The van der Waals surface area contributed by atoms with Crippen LogP contribution in [0, 0.1) is 17.5 Å². The first-order valence-corrected chi connectivity index (χ1v) is 8.80. The Kier molecular flexibility index (Phi) is 4.83. The summed E-state index contributed by atoms with van der Waals surface area (Å²) in [5.41, 5.74) is -0.417. The SMILES string of the molecule is O=C1C(=O)N(c2cc(F)ccc2F)C(c2cccnc2)/C1=C(\O)c1ccc(F)cc1. The summed E-state index contributed by atoms with van der Waals surface area (Å²) in [5, 5.41) is 10.8. The number of benzene rings is 2. The number of amides is 1. The van der Waals surface area contributed by atoms with Crippen LogP contribution in [0.5, 0.6) is 0 Å². The number of carbonyl (C=O) groups excluding carboxylic acids is 2. The van der Waals surface area contributed by atoms with E-state index < -0.39 is 46.6 Å². The first-order chi connectivity index (χ1) is 14.4. The molecule has 1 amide bonds. The number of carbonyl (C=O) groups is 2. The molecule has 0 bridgehead atoms. The minimum absolute atomic E-state index is 0.0861. The normalized spacial score (nSPS) is 18.1. The number of pyridine rings is 1. The van der Waals surface area contributed by atoms with Gasteiger partial charge in [0.2, 0.25) is 0 Å². The largest absolute Gasteiger partial charge is 0.507 e. The van der Waals surface area contributed by atoms with E-state index in [1.54, 1.807) is 0 Å². The minimum atomic E-state index is -1.26. The van der Waals surface area contributed by atoms with E-state index in [2.05, 4.69) is 4.98 Å². The first-order valence-electron chi connectivity index (χ1n) is 8.80. The summed E-state index contributed by atoms with van der Waals surface area (Å²) >= 11 is 0. The van der Waals surface area contributed by atoms with E-state index in [1.807, 2.05) is 0 Å². The van der Waals surface area contributed by atoms with Crippen LogP contribution < -0.4 is 4.90 Å². The average Bonchev–Trinajstić information content (AvgIpc) is 3.01. The van der Waals surface area contributed by atoms with Gasteiger partial charge in [0.15, 0.2) is 0 Å². The summed E-state index contributed by atoms with van der Waals surface area (Å²) in [4.78, 5) is 30.4. The van der Waals surface area contributed by atoms with Gasteiger partial charge in [0, 0.05) is 24.0 Å². The summed E-state index contributed by atoms with van der Waals surface area (Å²) in [6, 6.07) is 8.95. The second-order valence-electron chi connectivity index (χ2n) is 6.56. The lowest BCUT2D eigenvalue weighted by atomic mass is 9.96. The highest BCUT2D eigenvalue weighted by Gasteiger charge is 2.47. The highest BCUT2D eigenvalue weighted by atomic mass is 19.1. The van der Waals surface area contributed by atoms with Gasteiger partial charge in [-0.15, -0.1) is 0 Å². The zero-order valence-electron chi connectivity index (χ0n) is 15.2. The molecule has 30 heavy (non-hydrogen) atoms. The Morgan fingerprint density at radius 1 is 0.967 bits per heavy atom. The Morgan fingerprint density at radius 3 is 2.33 bits per heavy atom. The van der Waals surface area contributed by atoms with E-state index in [-0.39, 0.29) is 11.1 Å². The summed E-state index contributed by atoms with van der Waals surface area (Å²) < 4.78 is 41.6. The monoisotopic (exact) mass is 410 g/mol. The number of hydrogen-bond acceptors (Lipinski definition) is 4. The van der Waals surface area contributed by atoms with Gasteiger partial charge in [-0.25, -0.2) is 13.2 Å². The lowest BCUT2D eigenvalue weighted by Gasteiger charge is -2.25. The molecule has 1 unspecified atom stereocenters. The van der Waals surface area contributed by atoms with Gasteiger partial charge in [0.1, 0.15) is 23.2 Å². The smallest absolute Gasteiger partial charge is 0.300 e. The van der Waals surface area contributed by atoms with E-state index >= 15 is 0 Å². The van der Waals surface area contributed by atoms with Crippen LogP contribution in [0.25, 0.3) is 5.76 Å². The molecule has 1 aliphatic rings. The van der Waals surface area contributed by atoms with Crippen LogP contribution in [0.2, 0.25) is 0 Å². The number of aliphatic hydroxyl groups excluding tert-OH is 1. The fourth-order valence-electron chi connectivity index (χ4n) is 3.37. The second kappa shape index (κ2) is 7.47. The quantitative estimate of drug-likeness (QED) is 0.401. The van der Waals surface area contributed by atoms with Gasteiger partial charge in [-0.2, -0.15) is 0 Å². The van der Waals surface area contributed by atoms with E-state index in [1.165, 1.54) is 36.7 Å². The number of aromatic nitrogens is 1. The molecule has 5 nitrogen and oxygen atoms in total. The zero-order valence-corrected chi connectivity index (χ0v) is 15.2. The predicted octanol–water partition coefficient (Wildman–Crippen LogP) is 4.13. The lowest BCUT2D eigenvalue weighted by molar-refractivity contribution is -0.132. The van der Waals surface area contributed by atoms with Gasteiger partial charge in [-0.05, 0) is 48.0 Å². The molecule has 2 heterocycles. The second-order valence-corrected chi connectivity index (χ2v) is 6.56. The van der Waals surface area contributed by atoms with Crippen molar-refractivity contribution < 1.29 is 27.9 Å². The number of halogens is 3. The molecule has 0 radical (unpaired) electrons. The number of rotatable bonds is 3. The highest BCUT2D eigenvalue weighted by Crippen LogP contribution is 2.42. The van der Waals surface area contributed by atoms with Gasteiger partial charge in [0.05, 0.1) is 17.3 Å². The molecule has 3 aromatic rings. The summed E-state index contributed by atoms with van der Waals surface area (Å²) in [6.07, 6.45) is 2.80. The van der Waals surface area contributed by atoms with Crippen LogP contribution in [-0.2, 0) is 9.59 Å². The van der Waals surface area contributed by atoms with Gasteiger partial charge in [-0.1, -0.05) is 6.07 Å². The van der Waals surface area contributed by atoms with Crippen LogP contribution in [0.3, 0.4) is 0 Å². The molecule has 2 aromatic carbocycles. The number of aliphatic hydroxyl groups is 1. The Balaban J connectivity index is 1.97. The summed E-state index contributed by atoms with van der Waals surface area (Å²) in [5.74, 6) is -5.09.